The Morgan fingerprint density at radius 1 is 1.04 bits per heavy atom. The number of benzene rings is 2. The molecule has 1 atom stereocenters. The molecule has 4 rings (SSSR count). The van der Waals surface area contributed by atoms with Crippen molar-refractivity contribution in [1.29, 1.82) is 0 Å². The van der Waals surface area contributed by atoms with Gasteiger partial charge in [0.1, 0.15) is 0 Å². The molecule has 0 radical (unpaired) electrons. The number of halogens is 1. The van der Waals surface area contributed by atoms with Crippen molar-refractivity contribution in [2.75, 3.05) is 0 Å². The monoisotopic (exact) mass is 394 g/mol. The SMILES string of the molecule is CC1=Cc2c(cc3c(c2-c2ccc(C(C)(C)C)cc2)CCC3)C1[Si](C)(C)Cl. The summed E-state index contributed by atoms with van der Waals surface area (Å²) in [7, 11) is -1.82. The molecule has 27 heavy (non-hydrogen) atoms. The summed E-state index contributed by atoms with van der Waals surface area (Å²) >= 11 is 6.98. The van der Waals surface area contributed by atoms with E-state index in [0.717, 1.165) is 0 Å². The first kappa shape index (κ1) is 19.0. The van der Waals surface area contributed by atoms with E-state index in [1.165, 1.54) is 52.7 Å². The van der Waals surface area contributed by atoms with Crippen molar-refractivity contribution in [1.82, 2.24) is 0 Å². The lowest BCUT2D eigenvalue weighted by Gasteiger charge is -2.26. The lowest BCUT2D eigenvalue weighted by Crippen LogP contribution is -2.28. The molecule has 2 aromatic carbocycles. The normalized spacial score (nSPS) is 19.1. The fraction of sp³-hybridized carbons (Fsp3) is 0.440. The van der Waals surface area contributed by atoms with Crippen LogP contribution in [0.5, 0.6) is 0 Å². The molecule has 142 valence electrons. The quantitative estimate of drug-likeness (QED) is 0.363. The minimum absolute atomic E-state index is 0.189. The van der Waals surface area contributed by atoms with Crippen LogP contribution in [0.4, 0.5) is 0 Å². The van der Waals surface area contributed by atoms with Gasteiger partial charge in [-0.1, -0.05) is 75.8 Å². The van der Waals surface area contributed by atoms with Crippen molar-refractivity contribution in [2.45, 2.75) is 71.0 Å². The number of hydrogen-bond donors (Lipinski definition) is 0. The molecule has 0 heterocycles. The molecule has 0 aromatic heterocycles. The van der Waals surface area contributed by atoms with Crippen LogP contribution in [0.15, 0.2) is 35.9 Å². The lowest BCUT2D eigenvalue weighted by atomic mass is 9.84. The summed E-state index contributed by atoms with van der Waals surface area (Å²) in [5, 5.41) is 0. The van der Waals surface area contributed by atoms with Gasteiger partial charge in [-0.2, -0.15) is 11.1 Å². The van der Waals surface area contributed by atoms with Gasteiger partial charge in [0.2, 0.25) is 0 Å². The van der Waals surface area contributed by atoms with Gasteiger partial charge in [0.25, 0.3) is 0 Å². The van der Waals surface area contributed by atoms with Gasteiger partial charge in [-0.15, -0.1) is 0 Å². The number of rotatable bonds is 2. The van der Waals surface area contributed by atoms with Crippen LogP contribution in [0.3, 0.4) is 0 Å². The van der Waals surface area contributed by atoms with Gasteiger partial charge in [0.15, 0.2) is 7.38 Å². The van der Waals surface area contributed by atoms with Crippen LogP contribution < -0.4 is 0 Å². The van der Waals surface area contributed by atoms with Crippen molar-refractivity contribution in [3.63, 3.8) is 0 Å². The van der Waals surface area contributed by atoms with Crippen molar-refractivity contribution >= 4 is 24.5 Å². The van der Waals surface area contributed by atoms with Crippen molar-refractivity contribution in [3.05, 3.63) is 63.7 Å². The van der Waals surface area contributed by atoms with E-state index >= 15 is 0 Å². The van der Waals surface area contributed by atoms with E-state index in [4.69, 9.17) is 11.1 Å². The molecule has 2 aliphatic rings. The van der Waals surface area contributed by atoms with Crippen LogP contribution in [0.1, 0.15) is 67.5 Å². The molecule has 0 N–H and O–H groups in total. The average molecular weight is 395 g/mol. The highest BCUT2D eigenvalue weighted by Crippen LogP contribution is 2.49. The maximum absolute atomic E-state index is 6.98. The maximum Gasteiger partial charge on any atom is 0.161 e. The molecular formula is C25H31ClSi. The highest BCUT2D eigenvalue weighted by atomic mass is 35.6. The molecule has 0 bridgehead atoms. The summed E-state index contributed by atoms with van der Waals surface area (Å²) in [5.41, 5.74) is 12.4. The third kappa shape index (κ3) is 3.23. The number of allylic oxidation sites excluding steroid dienone is 1. The van der Waals surface area contributed by atoms with Crippen molar-refractivity contribution < 1.29 is 0 Å². The zero-order valence-electron chi connectivity index (χ0n) is 17.5. The Bertz CT molecular complexity index is 921. The molecule has 0 saturated heterocycles. The maximum atomic E-state index is 6.98. The largest absolute Gasteiger partial charge is 0.167 e. The minimum atomic E-state index is -1.82. The Hall–Kier alpha value is -1.31. The number of hydrogen-bond acceptors (Lipinski definition) is 0. The summed E-state index contributed by atoms with van der Waals surface area (Å²) in [6.45, 7) is 13.7. The van der Waals surface area contributed by atoms with Gasteiger partial charge in [-0.05, 0) is 70.5 Å². The molecule has 0 spiro atoms. The summed E-state index contributed by atoms with van der Waals surface area (Å²) < 4.78 is 0. The first-order chi connectivity index (χ1) is 12.6. The molecular weight excluding hydrogens is 364 g/mol. The second-order valence-corrected chi connectivity index (χ2v) is 16.6. The van der Waals surface area contributed by atoms with Gasteiger partial charge < -0.3 is 0 Å². The molecule has 2 aromatic rings. The highest BCUT2D eigenvalue weighted by Gasteiger charge is 2.39. The fourth-order valence-corrected chi connectivity index (χ4v) is 8.13. The molecule has 0 amide bonds. The van der Waals surface area contributed by atoms with E-state index in [0.29, 0.717) is 5.54 Å². The number of fused-ring (bicyclic) bond motifs is 2. The third-order valence-corrected chi connectivity index (χ3v) is 9.13. The van der Waals surface area contributed by atoms with E-state index < -0.39 is 7.38 Å². The predicted octanol–water partition coefficient (Wildman–Crippen LogP) is 7.62. The Morgan fingerprint density at radius 2 is 1.70 bits per heavy atom. The van der Waals surface area contributed by atoms with Gasteiger partial charge in [0, 0.05) is 5.54 Å². The number of aryl methyl sites for hydroxylation is 1. The molecule has 2 heteroatoms. The predicted molar refractivity (Wildman–Crippen MR) is 122 cm³/mol. The standard InChI is InChI=1S/C25H31ClSi/c1-16-14-21-22(24(16)27(5,6)26)15-18-8-7-9-20(18)23(21)17-10-12-19(13-11-17)25(2,3)4/h10-15,24H,7-9H2,1-6H3. The molecule has 0 aliphatic heterocycles. The molecule has 0 fully saturated rings. The topological polar surface area (TPSA) is 0 Å². The second kappa shape index (κ2) is 6.35. The summed E-state index contributed by atoms with van der Waals surface area (Å²) in [6.07, 6.45) is 6.13. The average Bonchev–Trinajstić information content (AvgIpc) is 3.14. The van der Waals surface area contributed by atoms with Gasteiger partial charge in [0.05, 0.1) is 0 Å². The molecule has 1 unspecified atom stereocenters. The van der Waals surface area contributed by atoms with E-state index in [-0.39, 0.29) is 5.41 Å². The first-order valence-electron chi connectivity index (χ1n) is 10.2. The lowest BCUT2D eigenvalue weighted by molar-refractivity contribution is 0.590. The Balaban J connectivity index is 1.92. The molecule has 0 nitrogen and oxygen atoms in total. The Morgan fingerprint density at radius 3 is 2.30 bits per heavy atom. The summed E-state index contributed by atoms with van der Waals surface area (Å²) in [5.74, 6) is 0. The minimum Gasteiger partial charge on any atom is -0.167 e. The second-order valence-electron chi connectivity index (χ2n) is 9.96. The third-order valence-electron chi connectivity index (χ3n) is 6.34. The van der Waals surface area contributed by atoms with Gasteiger partial charge >= 0.3 is 0 Å². The fourth-order valence-electron chi connectivity index (χ4n) is 5.11. The van der Waals surface area contributed by atoms with E-state index in [2.05, 4.69) is 77.2 Å². The Kier molecular flexibility index (Phi) is 4.48. The van der Waals surface area contributed by atoms with Crippen LogP contribution in [0.2, 0.25) is 13.1 Å². The van der Waals surface area contributed by atoms with Crippen LogP contribution in [-0.2, 0) is 18.3 Å². The molecule has 0 saturated carbocycles. The summed E-state index contributed by atoms with van der Waals surface area (Å²) in [6, 6.07) is 11.8. The van der Waals surface area contributed by atoms with Crippen molar-refractivity contribution in [3.8, 4) is 11.1 Å². The van der Waals surface area contributed by atoms with E-state index in [9.17, 15) is 0 Å². The zero-order valence-corrected chi connectivity index (χ0v) is 19.3. The first-order valence-corrected chi connectivity index (χ1v) is 14.3. The van der Waals surface area contributed by atoms with Crippen LogP contribution in [0, 0.1) is 0 Å². The van der Waals surface area contributed by atoms with Crippen molar-refractivity contribution in [2.24, 2.45) is 0 Å². The van der Waals surface area contributed by atoms with Crippen LogP contribution in [-0.4, -0.2) is 7.38 Å². The Labute approximate surface area is 170 Å². The van der Waals surface area contributed by atoms with Gasteiger partial charge in [-0.25, -0.2) is 0 Å². The van der Waals surface area contributed by atoms with E-state index in [1.54, 1.807) is 11.1 Å². The molecule has 2 aliphatic carbocycles. The summed E-state index contributed by atoms with van der Waals surface area (Å²) in [4.78, 5) is 0. The zero-order chi connectivity index (χ0) is 19.6. The van der Waals surface area contributed by atoms with Gasteiger partial charge in [-0.3, -0.25) is 0 Å². The highest BCUT2D eigenvalue weighted by molar-refractivity contribution is 7.20. The van der Waals surface area contributed by atoms with Crippen LogP contribution in [0.25, 0.3) is 17.2 Å². The van der Waals surface area contributed by atoms with E-state index in [1.807, 2.05) is 0 Å². The van der Waals surface area contributed by atoms with Crippen LogP contribution >= 0.6 is 11.1 Å². The smallest absolute Gasteiger partial charge is 0.161 e.